The van der Waals surface area contributed by atoms with Gasteiger partial charge in [0.15, 0.2) is 5.65 Å². The van der Waals surface area contributed by atoms with Gasteiger partial charge in [-0.1, -0.05) is 44.2 Å². The highest BCUT2D eigenvalue weighted by molar-refractivity contribution is 5.75. The van der Waals surface area contributed by atoms with Crippen LogP contribution in [0, 0.1) is 0 Å². The van der Waals surface area contributed by atoms with Crippen molar-refractivity contribution in [2.45, 2.75) is 52.7 Å². The van der Waals surface area contributed by atoms with Gasteiger partial charge in [0, 0.05) is 19.3 Å². The molecule has 0 bridgehead atoms. The molecule has 0 saturated heterocycles. The molecule has 0 aliphatic heterocycles. The summed E-state index contributed by atoms with van der Waals surface area (Å²) in [6.45, 7) is 6.91. The summed E-state index contributed by atoms with van der Waals surface area (Å²) in [4.78, 5) is 33.5. The third-order valence-corrected chi connectivity index (χ3v) is 5.31. The van der Waals surface area contributed by atoms with Gasteiger partial charge < -0.3 is 4.98 Å². The Morgan fingerprint density at radius 2 is 1.73 bits per heavy atom. The molecule has 1 aromatic carbocycles. The Bertz CT molecular complexity index is 1280. The Hall–Kier alpha value is -3.42. The lowest BCUT2D eigenvalue weighted by molar-refractivity contribution is 0.555. The molecule has 8 nitrogen and oxygen atoms in total. The molecule has 0 radical (unpaired) electrons. The lowest BCUT2D eigenvalue weighted by atomic mass is 10.1. The SMILES string of the molecule is CCCn1c(=O)c2[nH]c(-c3cnn(C(C)c4ccccc4)c3)nc2n(CCC)c1=O. The number of H-pyrrole nitrogens is 1. The number of nitrogens with one attached hydrogen (secondary N) is 1. The first kappa shape index (κ1) is 19.9. The normalized spacial score (nSPS) is 12.5. The van der Waals surface area contributed by atoms with Crippen molar-refractivity contribution >= 4 is 11.2 Å². The van der Waals surface area contributed by atoms with Gasteiger partial charge in [-0.05, 0) is 25.3 Å². The number of aromatic amines is 1. The van der Waals surface area contributed by atoms with Gasteiger partial charge in [-0.3, -0.25) is 18.6 Å². The molecular weight excluding hydrogens is 380 g/mol. The average molecular weight is 406 g/mol. The molecular formula is C22H26N6O2. The van der Waals surface area contributed by atoms with Crippen LogP contribution in [0.5, 0.6) is 0 Å². The molecule has 0 fully saturated rings. The van der Waals surface area contributed by atoms with Gasteiger partial charge >= 0.3 is 5.69 Å². The van der Waals surface area contributed by atoms with E-state index in [1.165, 1.54) is 4.57 Å². The van der Waals surface area contributed by atoms with E-state index in [0.29, 0.717) is 36.5 Å². The van der Waals surface area contributed by atoms with E-state index in [1.54, 1.807) is 10.8 Å². The van der Waals surface area contributed by atoms with Crippen molar-refractivity contribution in [2.75, 3.05) is 0 Å². The highest BCUT2D eigenvalue weighted by atomic mass is 16.2. The van der Waals surface area contributed by atoms with E-state index in [2.05, 4.69) is 34.1 Å². The number of fused-ring (bicyclic) bond motifs is 1. The molecule has 1 unspecified atom stereocenters. The van der Waals surface area contributed by atoms with Gasteiger partial charge in [-0.25, -0.2) is 9.78 Å². The third kappa shape index (κ3) is 3.38. The zero-order valence-corrected chi connectivity index (χ0v) is 17.5. The molecule has 4 aromatic rings. The molecule has 0 spiro atoms. The highest BCUT2D eigenvalue weighted by Crippen LogP contribution is 2.22. The predicted octanol–water partition coefficient (Wildman–Crippen LogP) is 3.18. The first-order valence-corrected chi connectivity index (χ1v) is 10.4. The summed E-state index contributed by atoms with van der Waals surface area (Å²) in [5.41, 5.74) is 2.05. The zero-order valence-electron chi connectivity index (χ0n) is 17.5. The second-order valence-electron chi connectivity index (χ2n) is 7.47. The molecule has 0 aliphatic rings. The number of imidazole rings is 1. The monoisotopic (exact) mass is 406 g/mol. The van der Waals surface area contributed by atoms with Crippen molar-refractivity contribution < 1.29 is 0 Å². The van der Waals surface area contributed by atoms with Crippen LogP contribution >= 0.6 is 0 Å². The van der Waals surface area contributed by atoms with E-state index < -0.39 is 0 Å². The maximum atomic E-state index is 12.9. The van der Waals surface area contributed by atoms with Crippen LogP contribution in [0.2, 0.25) is 0 Å². The molecule has 3 heterocycles. The summed E-state index contributed by atoms with van der Waals surface area (Å²) >= 11 is 0. The maximum Gasteiger partial charge on any atom is 0.332 e. The van der Waals surface area contributed by atoms with E-state index >= 15 is 0 Å². The molecule has 1 N–H and O–H groups in total. The maximum absolute atomic E-state index is 12.9. The second-order valence-corrected chi connectivity index (χ2v) is 7.47. The largest absolute Gasteiger partial charge is 0.332 e. The molecule has 0 saturated carbocycles. The fourth-order valence-electron chi connectivity index (χ4n) is 3.71. The number of benzene rings is 1. The molecule has 30 heavy (non-hydrogen) atoms. The van der Waals surface area contributed by atoms with Gasteiger partial charge in [0.2, 0.25) is 0 Å². The quantitative estimate of drug-likeness (QED) is 0.510. The van der Waals surface area contributed by atoms with Crippen LogP contribution in [-0.2, 0) is 13.1 Å². The summed E-state index contributed by atoms with van der Waals surface area (Å²) in [5.74, 6) is 0.534. The van der Waals surface area contributed by atoms with Crippen LogP contribution in [0.25, 0.3) is 22.6 Å². The number of aromatic nitrogens is 6. The van der Waals surface area contributed by atoms with E-state index in [0.717, 1.165) is 17.5 Å². The third-order valence-electron chi connectivity index (χ3n) is 5.31. The molecule has 1 atom stereocenters. The Labute approximate surface area is 173 Å². The van der Waals surface area contributed by atoms with Gasteiger partial charge in [-0.2, -0.15) is 5.10 Å². The van der Waals surface area contributed by atoms with E-state index in [-0.39, 0.29) is 17.3 Å². The Balaban J connectivity index is 1.80. The first-order valence-electron chi connectivity index (χ1n) is 10.4. The van der Waals surface area contributed by atoms with Crippen molar-refractivity contribution in [3.63, 3.8) is 0 Å². The van der Waals surface area contributed by atoms with Crippen molar-refractivity contribution in [2.24, 2.45) is 0 Å². The van der Waals surface area contributed by atoms with Crippen molar-refractivity contribution in [1.29, 1.82) is 0 Å². The van der Waals surface area contributed by atoms with Crippen molar-refractivity contribution in [3.8, 4) is 11.4 Å². The Morgan fingerprint density at radius 3 is 2.43 bits per heavy atom. The minimum Gasteiger partial charge on any atom is -0.332 e. The summed E-state index contributed by atoms with van der Waals surface area (Å²) in [7, 11) is 0. The number of hydrogen-bond donors (Lipinski definition) is 1. The summed E-state index contributed by atoms with van der Waals surface area (Å²) in [5, 5.41) is 4.49. The minimum absolute atomic E-state index is 0.0596. The summed E-state index contributed by atoms with van der Waals surface area (Å²) < 4.78 is 4.75. The van der Waals surface area contributed by atoms with Crippen LogP contribution in [0.15, 0.2) is 52.3 Å². The number of rotatable bonds is 7. The van der Waals surface area contributed by atoms with Crippen molar-refractivity contribution in [1.82, 2.24) is 28.9 Å². The fourth-order valence-corrected chi connectivity index (χ4v) is 3.71. The van der Waals surface area contributed by atoms with Crippen LogP contribution in [0.1, 0.15) is 45.2 Å². The van der Waals surface area contributed by atoms with Gasteiger partial charge in [0.05, 0.1) is 17.8 Å². The fraction of sp³-hybridized carbons (Fsp3) is 0.364. The predicted molar refractivity (Wildman–Crippen MR) is 117 cm³/mol. The standard InChI is InChI=1S/C22H26N6O2/c1-4-11-26-20-18(21(29)27(12-5-2)22(26)30)24-19(25-20)17-13-23-28(14-17)15(3)16-9-7-6-8-10-16/h6-10,13-15H,4-5,11-12H2,1-3H3,(H,24,25). The van der Waals surface area contributed by atoms with Gasteiger partial charge in [0.25, 0.3) is 5.56 Å². The van der Waals surface area contributed by atoms with E-state index in [1.807, 2.05) is 42.9 Å². The Kier molecular flexibility index (Phi) is 5.39. The topological polar surface area (TPSA) is 90.5 Å². The van der Waals surface area contributed by atoms with E-state index in [9.17, 15) is 9.59 Å². The summed E-state index contributed by atoms with van der Waals surface area (Å²) in [6.07, 6.45) is 5.11. The smallest absolute Gasteiger partial charge is 0.332 e. The minimum atomic E-state index is -0.326. The number of hydrogen-bond acceptors (Lipinski definition) is 4. The van der Waals surface area contributed by atoms with Crippen LogP contribution in [0.3, 0.4) is 0 Å². The number of aryl methyl sites for hydroxylation is 1. The molecule has 156 valence electrons. The lowest BCUT2D eigenvalue weighted by Gasteiger charge is -2.11. The molecule has 8 heteroatoms. The molecule has 0 aliphatic carbocycles. The summed E-state index contributed by atoms with van der Waals surface area (Å²) in [6, 6.07) is 10.2. The average Bonchev–Trinajstić information content (AvgIpc) is 3.42. The van der Waals surface area contributed by atoms with Crippen LogP contribution < -0.4 is 11.2 Å². The van der Waals surface area contributed by atoms with Crippen LogP contribution in [0.4, 0.5) is 0 Å². The lowest BCUT2D eigenvalue weighted by Crippen LogP contribution is -2.40. The molecule has 4 rings (SSSR count). The number of nitrogens with zero attached hydrogens (tertiary/aromatic N) is 5. The van der Waals surface area contributed by atoms with Gasteiger partial charge in [-0.15, -0.1) is 0 Å². The highest BCUT2D eigenvalue weighted by Gasteiger charge is 2.18. The second kappa shape index (κ2) is 8.14. The van der Waals surface area contributed by atoms with E-state index in [4.69, 9.17) is 0 Å². The molecule has 0 amide bonds. The van der Waals surface area contributed by atoms with Crippen LogP contribution in [-0.4, -0.2) is 28.9 Å². The van der Waals surface area contributed by atoms with Crippen molar-refractivity contribution in [3.05, 3.63) is 69.1 Å². The zero-order chi connectivity index (χ0) is 21.3. The first-order chi connectivity index (χ1) is 14.5. The Morgan fingerprint density at radius 1 is 1.03 bits per heavy atom. The molecule has 3 aromatic heterocycles. The van der Waals surface area contributed by atoms with Gasteiger partial charge in [0.1, 0.15) is 11.3 Å².